The normalized spacial score (nSPS) is 17.2. The fraction of sp³-hybridized carbons (Fsp3) is 0.462. The number of hydrazine groups is 1. The van der Waals surface area contributed by atoms with Crippen LogP contribution in [-0.2, 0) is 4.79 Å². The van der Waals surface area contributed by atoms with Crippen LogP contribution in [0, 0.1) is 0 Å². The van der Waals surface area contributed by atoms with Crippen LogP contribution in [0.3, 0.4) is 0 Å². The summed E-state index contributed by atoms with van der Waals surface area (Å²) in [5, 5.41) is 1.94. The lowest BCUT2D eigenvalue weighted by Crippen LogP contribution is -2.53. The van der Waals surface area contributed by atoms with E-state index in [9.17, 15) is 4.79 Å². The molecule has 1 N–H and O–H groups in total. The number of nitrogens with one attached hydrogen (secondary N) is 1. The molecule has 1 heterocycles. The number of halogens is 1. The van der Waals surface area contributed by atoms with Crippen molar-refractivity contribution in [1.82, 2.24) is 15.3 Å². The smallest absolute Gasteiger partial charge is 0.272 e. The summed E-state index contributed by atoms with van der Waals surface area (Å²) in [5.74, 6) is 0.573. The van der Waals surface area contributed by atoms with Gasteiger partial charge in [-0.2, -0.15) is 0 Å². The average molecular weight is 328 g/mol. The zero-order chi connectivity index (χ0) is 13.7. The van der Waals surface area contributed by atoms with Crippen LogP contribution >= 0.6 is 15.9 Å². The topological polar surface area (TPSA) is 44.8 Å². The summed E-state index contributed by atoms with van der Waals surface area (Å²) >= 11 is 3.35. The van der Waals surface area contributed by atoms with Crippen LogP contribution in [0.2, 0.25) is 0 Å². The summed E-state index contributed by atoms with van der Waals surface area (Å²) in [5.41, 5.74) is 2.85. The fourth-order valence-corrected chi connectivity index (χ4v) is 2.07. The Kier molecular flexibility index (Phi) is 5.18. The van der Waals surface area contributed by atoms with E-state index in [4.69, 9.17) is 4.74 Å². The molecular weight excluding hydrogens is 310 g/mol. The van der Waals surface area contributed by atoms with Gasteiger partial charge in [-0.15, -0.1) is 0 Å². The third-order valence-corrected chi connectivity index (χ3v) is 3.50. The number of carbonyl (C=O) groups is 1. The number of likely N-dealkylation sites (N-methyl/N-ethyl adjacent to an activating group) is 1. The van der Waals surface area contributed by atoms with Crippen molar-refractivity contribution in [3.63, 3.8) is 0 Å². The number of ether oxygens (including phenoxy) is 1. The maximum Gasteiger partial charge on any atom is 0.272 e. The molecule has 0 aliphatic carbocycles. The van der Waals surface area contributed by atoms with Gasteiger partial charge in [-0.3, -0.25) is 10.2 Å². The molecule has 104 valence electrons. The standard InChI is InChI=1S/C13H18BrN3O2/c1-16-6-8-17(9-7-16)15-13(18)10-19-12-4-2-11(14)3-5-12/h2-5H,6-10H2,1H3,(H,15,18). The van der Waals surface area contributed by atoms with Crippen LogP contribution in [0.25, 0.3) is 0 Å². The molecule has 5 nitrogen and oxygen atoms in total. The molecule has 19 heavy (non-hydrogen) atoms. The van der Waals surface area contributed by atoms with Gasteiger partial charge in [-0.1, -0.05) is 15.9 Å². The van der Waals surface area contributed by atoms with E-state index < -0.39 is 0 Å². The summed E-state index contributed by atoms with van der Waals surface area (Å²) < 4.78 is 6.40. The van der Waals surface area contributed by atoms with E-state index >= 15 is 0 Å². The third-order valence-electron chi connectivity index (χ3n) is 2.97. The highest BCUT2D eigenvalue weighted by Crippen LogP contribution is 2.15. The predicted molar refractivity (Wildman–Crippen MR) is 76.8 cm³/mol. The molecule has 1 aliphatic heterocycles. The first-order chi connectivity index (χ1) is 9.13. The Hall–Kier alpha value is -1.11. The van der Waals surface area contributed by atoms with E-state index in [1.807, 2.05) is 29.3 Å². The zero-order valence-electron chi connectivity index (χ0n) is 10.9. The van der Waals surface area contributed by atoms with Crippen molar-refractivity contribution < 1.29 is 9.53 Å². The lowest BCUT2D eigenvalue weighted by atomic mass is 10.3. The number of hydrogen-bond acceptors (Lipinski definition) is 4. The highest BCUT2D eigenvalue weighted by atomic mass is 79.9. The number of nitrogens with zero attached hydrogens (tertiary/aromatic N) is 2. The van der Waals surface area contributed by atoms with E-state index in [0.717, 1.165) is 30.7 Å². The number of rotatable bonds is 4. The highest BCUT2D eigenvalue weighted by Gasteiger charge is 2.15. The SMILES string of the molecule is CN1CCN(NC(=O)COc2ccc(Br)cc2)CC1. The Balaban J connectivity index is 1.71. The van der Waals surface area contributed by atoms with Crippen molar-refractivity contribution >= 4 is 21.8 Å². The minimum absolute atomic E-state index is 0.0357. The molecule has 6 heteroatoms. The predicted octanol–water partition coefficient (Wildman–Crippen LogP) is 1.11. The molecule has 1 aromatic carbocycles. The Bertz CT molecular complexity index is 416. The van der Waals surface area contributed by atoms with Crippen molar-refractivity contribution in [2.45, 2.75) is 0 Å². The molecular formula is C13H18BrN3O2. The molecule has 0 spiro atoms. The van der Waals surface area contributed by atoms with Gasteiger partial charge in [0.2, 0.25) is 0 Å². The first kappa shape index (κ1) is 14.3. The summed E-state index contributed by atoms with van der Waals surface area (Å²) in [7, 11) is 2.08. The molecule has 1 amide bonds. The molecule has 0 radical (unpaired) electrons. The monoisotopic (exact) mass is 327 g/mol. The molecule has 0 saturated carbocycles. The van der Waals surface area contributed by atoms with E-state index in [-0.39, 0.29) is 12.5 Å². The van der Waals surface area contributed by atoms with E-state index in [1.54, 1.807) is 0 Å². The van der Waals surface area contributed by atoms with Gasteiger partial charge in [-0.25, -0.2) is 5.01 Å². The van der Waals surface area contributed by atoms with Crippen molar-refractivity contribution in [3.8, 4) is 5.75 Å². The molecule has 0 bridgehead atoms. The van der Waals surface area contributed by atoms with Gasteiger partial charge < -0.3 is 9.64 Å². The van der Waals surface area contributed by atoms with Crippen LogP contribution in [0.4, 0.5) is 0 Å². The Labute approximate surface area is 121 Å². The Morgan fingerprint density at radius 2 is 1.89 bits per heavy atom. The summed E-state index contributed by atoms with van der Waals surface area (Å²) in [6, 6.07) is 7.42. The molecule has 0 atom stereocenters. The molecule has 2 rings (SSSR count). The minimum atomic E-state index is -0.118. The van der Waals surface area contributed by atoms with Crippen molar-refractivity contribution in [1.29, 1.82) is 0 Å². The Morgan fingerprint density at radius 1 is 1.26 bits per heavy atom. The number of hydrogen-bond donors (Lipinski definition) is 1. The minimum Gasteiger partial charge on any atom is -0.484 e. The number of amides is 1. The number of piperazine rings is 1. The molecule has 0 unspecified atom stereocenters. The summed E-state index contributed by atoms with van der Waals surface area (Å²) in [4.78, 5) is 14.0. The largest absolute Gasteiger partial charge is 0.484 e. The molecule has 1 saturated heterocycles. The van der Waals surface area contributed by atoms with Gasteiger partial charge in [0.1, 0.15) is 5.75 Å². The number of carbonyl (C=O) groups excluding carboxylic acids is 1. The number of benzene rings is 1. The van der Waals surface area contributed by atoms with E-state index in [2.05, 4.69) is 33.3 Å². The van der Waals surface area contributed by atoms with Crippen LogP contribution < -0.4 is 10.2 Å². The zero-order valence-corrected chi connectivity index (χ0v) is 12.5. The second-order valence-corrected chi connectivity index (χ2v) is 5.48. The van der Waals surface area contributed by atoms with Gasteiger partial charge in [0.25, 0.3) is 5.91 Å². The van der Waals surface area contributed by atoms with Crippen molar-refractivity contribution in [2.75, 3.05) is 39.8 Å². The van der Waals surface area contributed by atoms with Crippen molar-refractivity contribution in [2.24, 2.45) is 0 Å². The molecule has 0 aromatic heterocycles. The third kappa shape index (κ3) is 4.81. The second-order valence-electron chi connectivity index (χ2n) is 4.57. The van der Waals surface area contributed by atoms with Gasteiger partial charge >= 0.3 is 0 Å². The summed E-state index contributed by atoms with van der Waals surface area (Å²) in [6.07, 6.45) is 0. The lowest BCUT2D eigenvalue weighted by molar-refractivity contribution is -0.128. The lowest BCUT2D eigenvalue weighted by Gasteiger charge is -2.32. The van der Waals surface area contributed by atoms with E-state index in [0.29, 0.717) is 5.75 Å². The first-order valence-electron chi connectivity index (χ1n) is 6.25. The second kappa shape index (κ2) is 6.88. The van der Waals surface area contributed by atoms with Gasteiger partial charge in [0.05, 0.1) is 0 Å². The fourth-order valence-electron chi connectivity index (χ4n) is 1.81. The van der Waals surface area contributed by atoms with Crippen LogP contribution in [0.5, 0.6) is 5.75 Å². The summed E-state index contributed by atoms with van der Waals surface area (Å²) in [6.45, 7) is 3.66. The van der Waals surface area contributed by atoms with Crippen LogP contribution in [0.15, 0.2) is 28.7 Å². The maximum atomic E-state index is 11.7. The van der Waals surface area contributed by atoms with E-state index in [1.165, 1.54) is 0 Å². The van der Waals surface area contributed by atoms with Gasteiger partial charge in [0, 0.05) is 30.7 Å². The quantitative estimate of drug-likeness (QED) is 0.899. The maximum absolute atomic E-state index is 11.7. The molecule has 1 fully saturated rings. The highest BCUT2D eigenvalue weighted by molar-refractivity contribution is 9.10. The van der Waals surface area contributed by atoms with Gasteiger partial charge in [-0.05, 0) is 31.3 Å². The average Bonchev–Trinajstić information content (AvgIpc) is 2.41. The van der Waals surface area contributed by atoms with Crippen LogP contribution in [0.1, 0.15) is 0 Å². The van der Waals surface area contributed by atoms with Crippen molar-refractivity contribution in [3.05, 3.63) is 28.7 Å². The molecule has 1 aromatic rings. The molecule has 1 aliphatic rings. The van der Waals surface area contributed by atoms with Gasteiger partial charge in [0.15, 0.2) is 6.61 Å². The Morgan fingerprint density at radius 3 is 2.53 bits per heavy atom. The van der Waals surface area contributed by atoms with Crippen LogP contribution in [-0.4, -0.2) is 55.6 Å². The first-order valence-corrected chi connectivity index (χ1v) is 7.04.